The van der Waals surface area contributed by atoms with Crippen LogP contribution in [0.1, 0.15) is 10.4 Å². The predicted octanol–water partition coefficient (Wildman–Crippen LogP) is 0.826. The molecule has 2 aromatic rings. The van der Waals surface area contributed by atoms with E-state index in [2.05, 4.69) is 15.3 Å². The summed E-state index contributed by atoms with van der Waals surface area (Å²) in [5, 5.41) is 2.57. The Morgan fingerprint density at radius 2 is 2.19 bits per heavy atom. The summed E-state index contributed by atoms with van der Waals surface area (Å²) in [7, 11) is 0. The smallest absolute Gasteiger partial charge is 0.260 e. The molecule has 0 radical (unpaired) electrons. The van der Waals surface area contributed by atoms with Crippen LogP contribution in [0.4, 0.5) is 17.3 Å². The van der Waals surface area contributed by atoms with E-state index in [1.807, 2.05) is 0 Å². The second kappa shape index (κ2) is 3.93. The van der Waals surface area contributed by atoms with Crippen molar-refractivity contribution in [3.8, 4) is 0 Å². The van der Waals surface area contributed by atoms with E-state index in [1.165, 1.54) is 0 Å². The van der Waals surface area contributed by atoms with Crippen molar-refractivity contribution in [2.45, 2.75) is 0 Å². The van der Waals surface area contributed by atoms with Gasteiger partial charge >= 0.3 is 0 Å². The summed E-state index contributed by atoms with van der Waals surface area (Å²) in [6, 6.07) is 4.91. The number of carbonyl (C=O) groups excluding carboxylic acids is 1. The second-order valence-electron chi connectivity index (χ2n) is 3.20. The number of nitrogens with zero attached hydrogens (tertiary/aromatic N) is 1. The van der Waals surface area contributed by atoms with E-state index in [0.29, 0.717) is 17.2 Å². The number of nitrogens with two attached hydrogens (primary N) is 2. The fourth-order valence-corrected chi connectivity index (χ4v) is 1.29. The lowest BCUT2D eigenvalue weighted by Gasteiger charge is -2.07. The summed E-state index contributed by atoms with van der Waals surface area (Å²) in [5.41, 5.74) is 12.3. The maximum absolute atomic E-state index is 11.8. The number of para-hydroxylation sites is 1. The molecule has 1 aromatic heterocycles. The minimum absolute atomic E-state index is 0.270. The van der Waals surface area contributed by atoms with E-state index in [-0.39, 0.29) is 11.6 Å². The lowest BCUT2D eigenvalue weighted by molar-refractivity contribution is 0.102. The topological polar surface area (TPSA) is 110 Å². The zero-order valence-electron chi connectivity index (χ0n) is 8.40. The Hall–Kier alpha value is -2.50. The van der Waals surface area contributed by atoms with Gasteiger partial charge in [0.1, 0.15) is 0 Å². The zero-order chi connectivity index (χ0) is 11.5. The Morgan fingerprint density at radius 3 is 2.88 bits per heavy atom. The van der Waals surface area contributed by atoms with E-state index in [4.69, 9.17) is 11.5 Å². The number of benzene rings is 1. The van der Waals surface area contributed by atoms with Crippen LogP contribution in [0.15, 0.2) is 30.6 Å². The summed E-state index contributed by atoms with van der Waals surface area (Å²) >= 11 is 0. The average molecular weight is 217 g/mol. The van der Waals surface area contributed by atoms with Crippen molar-refractivity contribution in [2.75, 3.05) is 16.8 Å². The molecule has 6 nitrogen and oxygen atoms in total. The van der Waals surface area contributed by atoms with Gasteiger partial charge in [0.25, 0.3) is 5.91 Å². The first-order chi connectivity index (χ1) is 7.68. The van der Waals surface area contributed by atoms with Gasteiger partial charge in [-0.1, -0.05) is 6.07 Å². The van der Waals surface area contributed by atoms with Crippen LogP contribution in [-0.4, -0.2) is 15.9 Å². The number of carbonyl (C=O) groups is 1. The van der Waals surface area contributed by atoms with Gasteiger partial charge in [-0.3, -0.25) is 10.1 Å². The van der Waals surface area contributed by atoms with Crippen molar-refractivity contribution in [1.29, 1.82) is 0 Å². The van der Waals surface area contributed by atoms with Crippen LogP contribution < -0.4 is 16.8 Å². The molecule has 0 unspecified atom stereocenters. The molecule has 0 aliphatic carbocycles. The highest BCUT2D eigenvalue weighted by molar-refractivity contribution is 6.08. The van der Waals surface area contributed by atoms with Gasteiger partial charge in [-0.25, -0.2) is 4.98 Å². The number of H-pyrrole nitrogens is 1. The highest BCUT2D eigenvalue weighted by Gasteiger charge is 2.11. The Morgan fingerprint density at radius 1 is 1.38 bits per heavy atom. The van der Waals surface area contributed by atoms with Crippen LogP contribution in [0.3, 0.4) is 0 Å². The van der Waals surface area contributed by atoms with Crippen molar-refractivity contribution in [3.63, 3.8) is 0 Å². The van der Waals surface area contributed by atoms with Crippen LogP contribution in [0.2, 0.25) is 0 Å². The molecule has 0 atom stereocenters. The fraction of sp³-hybridized carbons (Fsp3) is 0. The van der Waals surface area contributed by atoms with Gasteiger partial charge in [-0.15, -0.1) is 0 Å². The van der Waals surface area contributed by atoms with Crippen molar-refractivity contribution < 1.29 is 4.79 Å². The van der Waals surface area contributed by atoms with Crippen LogP contribution in [-0.2, 0) is 0 Å². The lowest BCUT2D eigenvalue weighted by atomic mass is 10.1. The molecule has 6 N–H and O–H groups in total. The Balaban J connectivity index is 2.24. The zero-order valence-corrected chi connectivity index (χ0v) is 8.40. The lowest BCUT2D eigenvalue weighted by Crippen LogP contribution is -2.15. The van der Waals surface area contributed by atoms with Gasteiger partial charge in [0.05, 0.1) is 16.9 Å². The first-order valence-electron chi connectivity index (χ1n) is 4.63. The van der Waals surface area contributed by atoms with Gasteiger partial charge in [0, 0.05) is 12.4 Å². The van der Waals surface area contributed by atoms with Gasteiger partial charge < -0.3 is 16.5 Å². The van der Waals surface area contributed by atoms with E-state index < -0.39 is 0 Å². The molecule has 0 fully saturated rings. The normalized spacial score (nSPS) is 10.0. The van der Waals surface area contributed by atoms with E-state index in [1.54, 1.807) is 30.6 Å². The van der Waals surface area contributed by atoms with Crippen LogP contribution in [0.5, 0.6) is 0 Å². The third kappa shape index (κ3) is 1.81. The van der Waals surface area contributed by atoms with Gasteiger partial charge in [0.15, 0.2) is 0 Å². The number of aromatic nitrogens is 2. The van der Waals surface area contributed by atoms with E-state index in [0.717, 1.165) is 0 Å². The maximum atomic E-state index is 11.8. The summed E-state index contributed by atoms with van der Waals surface area (Å²) in [4.78, 5) is 18.4. The van der Waals surface area contributed by atoms with Crippen molar-refractivity contribution in [2.24, 2.45) is 0 Å². The molecular weight excluding hydrogens is 206 g/mol. The minimum Gasteiger partial charge on any atom is -0.397 e. The van der Waals surface area contributed by atoms with Gasteiger partial charge in [0.2, 0.25) is 5.95 Å². The molecule has 0 aliphatic heterocycles. The summed E-state index contributed by atoms with van der Waals surface area (Å²) in [5.74, 6) is 0.0200. The number of anilines is 3. The van der Waals surface area contributed by atoms with E-state index >= 15 is 0 Å². The maximum Gasteiger partial charge on any atom is 0.260 e. The van der Waals surface area contributed by atoms with Crippen molar-refractivity contribution in [1.82, 2.24) is 9.97 Å². The molecule has 16 heavy (non-hydrogen) atoms. The molecule has 1 heterocycles. The average Bonchev–Trinajstić information content (AvgIpc) is 2.74. The summed E-state index contributed by atoms with van der Waals surface area (Å²) in [6.45, 7) is 0. The number of imidazole rings is 1. The SMILES string of the molecule is Nc1cccc(C(=O)Nc2ncc[nH]2)c1N. The van der Waals surface area contributed by atoms with Crippen molar-refractivity contribution in [3.05, 3.63) is 36.2 Å². The molecule has 2 rings (SSSR count). The Bertz CT molecular complexity index is 506. The number of amides is 1. The first kappa shape index (κ1) is 10.0. The molecule has 0 spiro atoms. The first-order valence-corrected chi connectivity index (χ1v) is 4.63. The largest absolute Gasteiger partial charge is 0.397 e. The highest BCUT2D eigenvalue weighted by atomic mass is 16.1. The number of nitrogen functional groups attached to an aromatic ring is 2. The van der Waals surface area contributed by atoms with Crippen LogP contribution in [0.25, 0.3) is 0 Å². The van der Waals surface area contributed by atoms with Crippen LogP contribution in [0, 0.1) is 0 Å². The highest BCUT2D eigenvalue weighted by Crippen LogP contribution is 2.19. The quantitative estimate of drug-likeness (QED) is 0.558. The van der Waals surface area contributed by atoms with Gasteiger partial charge in [-0.05, 0) is 12.1 Å². The number of rotatable bonds is 2. The molecule has 6 heteroatoms. The standard InChI is InChI=1S/C10H11N5O/c11-7-3-1-2-6(8(7)12)9(16)15-10-13-4-5-14-10/h1-5H,11-12H2,(H2,13,14,15,16). The van der Waals surface area contributed by atoms with Gasteiger partial charge in [-0.2, -0.15) is 0 Å². The third-order valence-corrected chi connectivity index (χ3v) is 2.11. The molecule has 82 valence electrons. The molecule has 0 saturated heterocycles. The molecular formula is C10H11N5O. The molecule has 0 aliphatic rings. The third-order valence-electron chi connectivity index (χ3n) is 2.11. The summed E-state index contributed by atoms with van der Waals surface area (Å²) < 4.78 is 0. The molecule has 1 aromatic carbocycles. The number of aromatic amines is 1. The number of nitrogens with one attached hydrogen (secondary N) is 2. The molecule has 0 saturated carbocycles. The van der Waals surface area contributed by atoms with Crippen molar-refractivity contribution >= 4 is 23.2 Å². The minimum atomic E-state index is -0.347. The Labute approximate surface area is 91.7 Å². The number of hydrogen-bond donors (Lipinski definition) is 4. The fourth-order valence-electron chi connectivity index (χ4n) is 1.29. The summed E-state index contributed by atoms with van der Waals surface area (Å²) in [6.07, 6.45) is 3.15. The van der Waals surface area contributed by atoms with E-state index in [9.17, 15) is 4.79 Å². The Kier molecular flexibility index (Phi) is 2.47. The van der Waals surface area contributed by atoms with Crippen LogP contribution >= 0.6 is 0 Å². The molecule has 0 bridgehead atoms. The predicted molar refractivity (Wildman–Crippen MR) is 61.8 cm³/mol. The molecule has 1 amide bonds. The monoisotopic (exact) mass is 217 g/mol. The number of hydrogen-bond acceptors (Lipinski definition) is 4. The second-order valence-corrected chi connectivity index (χ2v) is 3.20.